The molecule has 2 aromatic heterocycles. The Bertz CT molecular complexity index is 681. The van der Waals surface area contributed by atoms with Gasteiger partial charge in [-0.05, 0) is 18.2 Å². The van der Waals surface area contributed by atoms with E-state index in [1.807, 2.05) is 6.92 Å². The minimum absolute atomic E-state index is 0.0389. The van der Waals surface area contributed by atoms with Crippen LogP contribution < -0.4 is 10.0 Å². The van der Waals surface area contributed by atoms with Crippen molar-refractivity contribution in [3.05, 3.63) is 35.6 Å². The maximum absolute atomic E-state index is 12.1. The molecule has 0 atom stereocenters. The van der Waals surface area contributed by atoms with Crippen molar-refractivity contribution in [2.75, 3.05) is 6.54 Å². The molecule has 0 aliphatic rings. The molecule has 2 heterocycles. The predicted octanol–water partition coefficient (Wildman–Crippen LogP) is 0.361. The van der Waals surface area contributed by atoms with Crippen LogP contribution in [0.3, 0.4) is 0 Å². The summed E-state index contributed by atoms with van der Waals surface area (Å²) in [4.78, 5) is 7.89. The van der Waals surface area contributed by atoms with E-state index in [4.69, 9.17) is 4.52 Å². The van der Waals surface area contributed by atoms with E-state index in [9.17, 15) is 8.42 Å². The molecule has 0 aliphatic carbocycles. The molecule has 0 radical (unpaired) electrons. The molecular weight excluding hydrogens is 294 g/mol. The highest BCUT2D eigenvalue weighted by molar-refractivity contribution is 7.89. The standard InChI is InChI=1S/C12H17N5O3S/c1-3-13-6-10-4-5-12(14-7-10)21(18,19)15-8-11-16-9(2)20-17-11/h4-5,7,13,15H,3,6,8H2,1-2H3. The topological polar surface area (TPSA) is 110 Å². The van der Waals surface area contributed by atoms with Crippen LogP contribution >= 0.6 is 0 Å². The Morgan fingerprint density at radius 3 is 2.67 bits per heavy atom. The van der Waals surface area contributed by atoms with Gasteiger partial charge in [0.2, 0.25) is 5.89 Å². The first-order valence-corrected chi connectivity index (χ1v) is 7.94. The quantitative estimate of drug-likeness (QED) is 0.759. The highest BCUT2D eigenvalue weighted by atomic mass is 32.2. The maximum atomic E-state index is 12.1. The van der Waals surface area contributed by atoms with Gasteiger partial charge in [0.05, 0.1) is 6.54 Å². The molecule has 2 N–H and O–H groups in total. The Morgan fingerprint density at radius 1 is 1.29 bits per heavy atom. The fourth-order valence-electron chi connectivity index (χ4n) is 1.59. The summed E-state index contributed by atoms with van der Waals surface area (Å²) < 4.78 is 31.3. The SMILES string of the molecule is CCNCc1ccc(S(=O)(=O)NCc2noc(C)n2)nc1. The monoisotopic (exact) mass is 311 g/mol. The van der Waals surface area contributed by atoms with Crippen molar-refractivity contribution in [2.24, 2.45) is 0 Å². The van der Waals surface area contributed by atoms with Crippen molar-refractivity contribution < 1.29 is 12.9 Å². The highest BCUT2D eigenvalue weighted by Crippen LogP contribution is 2.07. The third-order valence-corrected chi connectivity index (χ3v) is 3.96. The average molecular weight is 311 g/mol. The fourth-order valence-corrected chi connectivity index (χ4v) is 2.50. The summed E-state index contributed by atoms with van der Waals surface area (Å²) in [6.45, 7) is 5.08. The number of hydrogen-bond acceptors (Lipinski definition) is 7. The van der Waals surface area contributed by atoms with Crippen LogP contribution in [0.1, 0.15) is 24.2 Å². The summed E-state index contributed by atoms with van der Waals surface area (Å²) >= 11 is 0. The van der Waals surface area contributed by atoms with E-state index in [0.717, 1.165) is 12.1 Å². The molecule has 0 saturated carbocycles. The Kier molecular flexibility index (Phi) is 4.99. The molecule has 2 aromatic rings. The second-order valence-corrected chi connectivity index (χ2v) is 6.05. The molecule has 9 heteroatoms. The van der Waals surface area contributed by atoms with Crippen molar-refractivity contribution in [2.45, 2.75) is 32.0 Å². The molecule has 2 rings (SSSR count). The van der Waals surface area contributed by atoms with Crippen molar-refractivity contribution >= 4 is 10.0 Å². The summed E-state index contributed by atoms with van der Waals surface area (Å²) in [5.41, 5.74) is 0.921. The minimum atomic E-state index is -3.69. The molecular formula is C12H17N5O3S. The lowest BCUT2D eigenvalue weighted by Crippen LogP contribution is -2.24. The van der Waals surface area contributed by atoms with Crippen molar-refractivity contribution in [1.29, 1.82) is 0 Å². The van der Waals surface area contributed by atoms with E-state index >= 15 is 0 Å². The molecule has 0 unspecified atom stereocenters. The van der Waals surface area contributed by atoms with Gasteiger partial charge in [-0.1, -0.05) is 18.1 Å². The lowest BCUT2D eigenvalue weighted by molar-refractivity contribution is 0.387. The normalized spacial score (nSPS) is 11.7. The molecule has 0 fully saturated rings. The smallest absolute Gasteiger partial charge is 0.258 e. The number of nitrogens with zero attached hydrogens (tertiary/aromatic N) is 3. The van der Waals surface area contributed by atoms with Gasteiger partial charge in [0.25, 0.3) is 10.0 Å². The number of aromatic nitrogens is 3. The van der Waals surface area contributed by atoms with E-state index < -0.39 is 10.0 Å². The number of hydrogen-bond donors (Lipinski definition) is 2. The number of rotatable bonds is 7. The number of sulfonamides is 1. The van der Waals surface area contributed by atoms with Gasteiger partial charge in [-0.2, -0.15) is 4.98 Å². The van der Waals surface area contributed by atoms with Gasteiger partial charge in [0, 0.05) is 19.7 Å². The van der Waals surface area contributed by atoms with E-state index in [1.165, 1.54) is 12.3 Å². The number of nitrogens with one attached hydrogen (secondary N) is 2. The molecule has 0 aliphatic heterocycles. The molecule has 114 valence electrons. The molecule has 8 nitrogen and oxygen atoms in total. The third kappa shape index (κ3) is 4.31. The van der Waals surface area contributed by atoms with E-state index in [1.54, 1.807) is 13.0 Å². The number of aryl methyl sites for hydroxylation is 1. The van der Waals surface area contributed by atoms with Crippen LogP contribution in [0, 0.1) is 6.92 Å². The zero-order chi connectivity index (χ0) is 15.3. The molecule has 0 bridgehead atoms. The van der Waals surface area contributed by atoms with Crippen molar-refractivity contribution in [3.8, 4) is 0 Å². The first-order valence-electron chi connectivity index (χ1n) is 6.46. The molecule has 0 amide bonds. The van der Waals surface area contributed by atoms with Crippen molar-refractivity contribution in [3.63, 3.8) is 0 Å². The van der Waals surface area contributed by atoms with E-state index in [2.05, 4.69) is 25.2 Å². The molecule has 0 saturated heterocycles. The van der Waals surface area contributed by atoms with Gasteiger partial charge in [0.15, 0.2) is 10.9 Å². The Hall–Kier alpha value is -1.84. The summed E-state index contributed by atoms with van der Waals surface area (Å²) in [5, 5.41) is 6.72. The Labute approximate surface area is 123 Å². The van der Waals surface area contributed by atoms with Gasteiger partial charge in [-0.15, -0.1) is 0 Å². The lowest BCUT2D eigenvalue weighted by atomic mass is 10.3. The van der Waals surface area contributed by atoms with Crippen molar-refractivity contribution in [1.82, 2.24) is 25.2 Å². The summed E-state index contributed by atoms with van der Waals surface area (Å²) in [6, 6.07) is 3.19. The van der Waals surface area contributed by atoms with E-state index in [0.29, 0.717) is 12.4 Å². The van der Waals surface area contributed by atoms with Gasteiger partial charge in [-0.25, -0.2) is 18.1 Å². The Morgan fingerprint density at radius 2 is 2.10 bits per heavy atom. The summed E-state index contributed by atoms with van der Waals surface area (Å²) in [5.74, 6) is 0.662. The van der Waals surface area contributed by atoms with Crippen LogP contribution in [0.15, 0.2) is 27.9 Å². The molecule has 0 spiro atoms. The third-order valence-electron chi connectivity index (χ3n) is 2.64. The zero-order valence-corrected chi connectivity index (χ0v) is 12.6. The predicted molar refractivity (Wildman–Crippen MR) is 74.7 cm³/mol. The van der Waals surface area contributed by atoms with Crippen LogP contribution in [-0.4, -0.2) is 30.1 Å². The minimum Gasteiger partial charge on any atom is -0.340 e. The van der Waals surface area contributed by atoms with Gasteiger partial charge in [0.1, 0.15) is 0 Å². The van der Waals surface area contributed by atoms with Crippen LogP contribution in [0.5, 0.6) is 0 Å². The van der Waals surface area contributed by atoms with Gasteiger partial charge in [-0.3, -0.25) is 0 Å². The van der Waals surface area contributed by atoms with Crippen LogP contribution in [-0.2, 0) is 23.1 Å². The first-order chi connectivity index (χ1) is 10.0. The highest BCUT2D eigenvalue weighted by Gasteiger charge is 2.16. The Balaban J connectivity index is 2.01. The van der Waals surface area contributed by atoms with Gasteiger partial charge < -0.3 is 9.84 Å². The lowest BCUT2D eigenvalue weighted by Gasteiger charge is -2.05. The maximum Gasteiger partial charge on any atom is 0.258 e. The summed E-state index contributed by atoms with van der Waals surface area (Å²) in [7, 11) is -3.69. The van der Waals surface area contributed by atoms with Crippen LogP contribution in [0.2, 0.25) is 0 Å². The van der Waals surface area contributed by atoms with Crippen LogP contribution in [0.4, 0.5) is 0 Å². The zero-order valence-electron chi connectivity index (χ0n) is 11.8. The summed E-state index contributed by atoms with van der Waals surface area (Å²) in [6.07, 6.45) is 1.54. The fraction of sp³-hybridized carbons (Fsp3) is 0.417. The molecule has 21 heavy (non-hydrogen) atoms. The molecule has 0 aromatic carbocycles. The largest absolute Gasteiger partial charge is 0.340 e. The second kappa shape index (κ2) is 6.74. The first kappa shape index (κ1) is 15.5. The van der Waals surface area contributed by atoms with Gasteiger partial charge >= 0.3 is 0 Å². The number of pyridine rings is 1. The second-order valence-electron chi connectivity index (χ2n) is 4.34. The average Bonchev–Trinajstić information content (AvgIpc) is 2.89. The van der Waals surface area contributed by atoms with Crippen LogP contribution in [0.25, 0.3) is 0 Å². The van der Waals surface area contributed by atoms with E-state index in [-0.39, 0.29) is 17.4 Å².